The van der Waals surface area contributed by atoms with Crippen LogP contribution in [0, 0.1) is 0 Å². The number of carboxylic acids is 1. The van der Waals surface area contributed by atoms with Crippen molar-refractivity contribution in [2.45, 2.75) is 17.9 Å². The minimum Gasteiger partial charge on any atom is -0.479 e. The summed E-state index contributed by atoms with van der Waals surface area (Å²) in [5.41, 5.74) is 1.44. The molecule has 0 heterocycles. The lowest BCUT2D eigenvalue weighted by molar-refractivity contribution is -0.146. The number of halogens is 2. The predicted octanol–water partition coefficient (Wildman–Crippen LogP) is 2.67. The van der Waals surface area contributed by atoms with Gasteiger partial charge in [-0.15, -0.1) is 0 Å². The van der Waals surface area contributed by atoms with Crippen LogP contribution in [0.15, 0.2) is 18.2 Å². The number of hydrogen-bond donors (Lipinski definition) is 2. The van der Waals surface area contributed by atoms with E-state index in [0.717, 1.165) is 5.56 Å². The minimum atomic E-state index is -1.61. The van der Waals surface area contributed by atoms with E-state index in [4.69, 9.17) is 5.11 Å². The summed E-state index contributed by atoms with van der Waals surface area (Å²) in [6.45, 7) is 0. The van der Waals surface area contributed by atoms with Crippen LogP contribution < -0.4 is 0 Å². The van der Waals surface area contributed by atoms with E-state index >= 15 is 0 Å². The predicted molar refractivity (Wildman–Crippen MR) is 74.4 cm³/mol. The lowest BCUT2D eigenvalue weighted by Gasteiger charge is -2.11. The van der Waals surface area contributed by atoms with Gasteiger partial charge in [0.1, 0.15) is 0 Å². The smallest absolute Gasteiger partial charge is 0.337 e. The first kappa shape index (κ1) is 15.3. The Bertz CT molecular complexity index is 459. The van der Waals surface area contributed by atoms with Gasteiger partial charge in [0.25, 0.3) is 0 Å². The number of aliphatic hydroxyl groups is 1. The quantitative estimate of drug-likeness (QED) is 0.588. The van der Waals surface area contributed by atoms with Crippen molar-refractivity contribution in [1.29, 1.82) is 0 Å². The molecule has 1 atom stereocenters. The van der Waals surface area contributed by atoms with Gasteiger partial charge in [0.15, 0.2) is 11.9 Å². The zero-order valence-electron chi connectivity index (χ0n) is 9.40. The van der Waals surface area contributed by atoms with E-state index in [-0.39, 0.29) is 11.3 Å². The van der Waals surface area contributed by atoms with E-state index in [2.05, 4.69) is 31.9 Å². The fraction of sp³-hybridized carbons (Fsp3) is 0.333. The van der Waals surface area contributed by atoms with Crippen molar-refractivity contribution < 1.29 is 19.8 Å². The summed E-state index contributed by atoms with van der Waals surface area (Å²) >= 11 is 6.46. The van der Waals surface area contributed by atoms with Gasteiger partial charge in [0.05, 0.1) is 0 Å². The van der Waals surface area contributed by atoms with Gasteiger partial charge in [-0.05, 0) is 17.2 Å². The molecule has 0 aromatic heterocycles. The van der Waals surface area contributed by atoms with Crippen LogP contribution in [-0.2, 0) is 10.1 Å². The van der Waals surface area contributed by atoms with Gasteiger partial charge >= 0.3 is 5.97 Å². The molecule has 1 aromatic rings. The fourth-order valence-electron chi connectivity index (χ4n) is 1.50. The molecule has 1 rings (SSSR count). The van der Waals surface area contributed by atoms with Crippen LogP contribution in [-0.4, -0.2) is 27.3 Å². The topological polar surface area (TPSA) is 74.6 Å². The Hall–Kier alpha value is -0.720. The third-order valence-corrected chi connectivity index (χ3v) is 3.45. The second-order valence-corrected chi connectivity index (χ2v) is 5.01. The number of ketones is 1. The first-order chi connectivity index (χ1) is 8.51. The molecule has 0 amide bonds. The molecule has 2 N–H and O–H groups in total. The molecule has 1 unspecified atom stereocenters. The molecule has 98 valence electrons. The molecule has 0 saturated heterocycles. The Balaban J connectivity index is 3.17. The number of aliphatic carboxylic acids is 1. The SMILES string of the molecule is O=C(CCBr)c1cc(C(O)C(=O)O)ccc1CBr. The summed E-state index contributed by atoms with van der Waals surface area (Å²) in [5, 5.41) is 19.2. The molecule has 0 spiro atoms. The molecule has 6 heteroatoms. The van der Waals surface area contributed by atoms with Gasteiger partial charge in [0, 0.05) is 22.6 Å². The van der Waals surface area contributed by atoms with Crippen molar-refractivity contribution in [2.24, 2.45) is 0 Å². The van der Waals surface area contributed by atoms with Crippen LogP contribution in [0.5, 0.6) is 0 Å². The van der Waals surface area contributed by atoms with Gasteiger partial charge < -0.3 is 10.2 Å². The number of carboxylic acid groups (broad SMARTS) is 1. The lowest BCUT2D eigenvalue weighted by atomic mass is 9.98. The monoisotopic (exact) mass is 378 g/mol. The molecule has 0 aliphatic carbocycles. The Morgan fingerprint density at radius 3 is 2.44 bits per heavy atom. The van der Waals surface area contributed by atoms with Crippen LogP contribution in [0.25, 0.3) is 0 Å². The zero-order valence-corrected chi connectivity index (χ0v) is 12.6. The Kier molecular flexibility index (Phi) is 5.98. The van der Waals surface area contributed by atoms with Crippen molar-refractivity contribution >= 4 is 43.6 Å². The highest BCUT2D eigenvalue weighted by atomic mass is 79.9. The summed E-state index contributed by atoms with van der Waals surface area (Å²) in [5.74, 6) is -1.42. The maximum Gasteiger partial charge on any atom is 0.337 e. The Labute approximate surface area is 121 Å². The maximum atomic E-state index is 11.9. The van der Waals surface area contributed by atoms with Gasteiger partial charge in [-0.3, -0.25) is 4.79 Å². The van der Waals surface area contributed by atoms with E-state index in [1.54, 1.807) is 6.07 Å². The van der Waals surface area contributed by atoms with Crippen LogP contribution in [0.1, 0.15) is 34.0 Å². The van der Waals surface area contributed by atoms with Crippen LogP contribution in [0.2, 0.25) is 0 Å². The van der Waals surface area contributed by atoms with Crippen LogP contribution >= 0.6 is 31.9 Å². The Morgan fingerprint density at radius 2 is 1.94 bits per heavy atom. The highest BCUT2D eigenvalue weighted by molar-refractivity contribution is 9.09. The molecule has 1 aromatic carbocycles. The van der Waals surface area contributed by atoms with Crippen LogP contribution in [0.4, 0.5) is 0 Å². The average Bonchev–Trinajstić information content (AvgIpc) is 2.37. The third-order valence-electron chi connectivity index (χ3n) is 2.45. The third kappa shape index (κ3) is 3.63. The van der Waals surface area contributed by atoms with E-state index in [9.17, 15) is 14.7 Å². The highest BCUT2D eigenvalue weighted by Crippen LogP contribution is 2.21. The molecule has 0 aliphatic rings. The molecule has 18 heavy (non-hydrogen) atoms. The Morgan fingerprint density at radius 1 is 1.28 bits per heavy atom. The van der Waals surface area contributed by atoms with Crippen molar-refractivity contribution in [2.75, 3.05) is 5.33 Å². The molecule has 0 bridgehead atoms. The number of benzene rings is 1. The van der Waals surface area contributed by atoms with Gasteiger partial charge in [-0.2, -0.15) is 0 Å². The van der Waals surface area contributed by atoms with Gasteiger partial charge in [0.2, 0.25) is 0 Å². The number of carbonyl (C=O) groups is 2. The fourth-order valence-corrected chi connectivity index (χ4v) is 2.35. The van der Waals surface area contributed by atoms with Crippen LogP contribution in [0.3, 0.4) is 0 Å². The van der Waals surface area contributed by atoms with Crippen molar-refractivity contribution in [3.05, 3.63) is 34.9 Å². The first-order valence-electron chi connectivity index (χ1n) is 5.20. The molecule has 0 radical (unpaired) electrons. The average molecular weight is 380 g/mol. The van der Waals surface area contributed by atoms with Crippen molar-refractivity contribution in [3.8, 4) is 0 Å². The molecular weight excluding hydrogens is 368 g/mol. The van der Waals surface area contributed by atoms with E-state index in [1.165, 1.54) is 12.1 Å². The second-order valence-electron chi connectivity index (χ2n) is 3.65. The largest absolute Gasteiger partial charge is 0.479 e. The first-order valence-corrected chi connectivity index (χ1v) is 7.44. The molecule has 0 saturated carbocycles. The number of carbonyl (C=O) groups excluding carboxylic acids is 1. The summed E-state index contributed by atoms with van der Waals surface area (Å²) in [4.78, 5) is 22.6. The minimum absolute atomic E-state index is 0.0826. The van der Waals surface area contributed by atoms with E-state index in [1.807, 2.05) is 0 Å². The second kappa shape index (κ2) is 7.01. The van der Waals surface area contributed by atoms with Crippen molar-refractivity contribution in [1.82, 2.24) is 0 Å². The molecular formula is C12H12Br2O4. The van der Waals surface area contributed by atoms with E-state index in [0.29, 0.717) is 22.6 Å². The summed E-state index contributed by atoms with van der Waals surface area (Å²) < 4.78 is 0. The van der Waals surface area contributed by atoms with Gasteiger partial charge in [-0.25, -0.2) is 4.79 Å². The zero-order chi connectivity index (χ0) is 13.7. The highest BCUT2D eigenvalue weighted by Gasteiger charge is 2.19. The normalized spacial score (nSPS) is 12.2. The summed E-state index contributed by atoms with van der Waals surface area (Å²) in [7, 11) is 0. The van der Waals surface area contributed by atoms with Gasteiger partial charge in [-0.1, -0.05) is 44.0 Å². The molecule has 0 aliphatic heterocycles. The maximum absolute atomic E-state index is 11.9. The molecule has 4 nitrogen and oxygen atoms in total. The van der Waals surface area contributed by atoms with Crippen molar-refractivity contribution in [3.63, 3.8) is 0 Å². The number of hydrogen-bond acceptors (Lipinski definition) is 3. The summed E-state index contributed by atoms with van der Waals surface area (Å²) in [6.07, 6.45) is -1.28. The number of rotatable bonds is 6. The summed E-state index contributed by atoms with van der Waals surface area (Å²) in [6, 6.07) is 4.61. The number of Topliss-reactive ketones (excluding diaryl/α,β-unsaturated/α-hetero) is 1. The number of aliphatic hydroxyl groups excluding tert-OH is 1. The molecule has 0 fully saturated rings. The van der Waals surface area contributed by atoms with E-state index < -0.39 is 12.1 Å². The number of alkyl halides is 2. The lowest BCUT2D eigenvalue weighted by Crippen LogP contribution is -2.12. The standard InChI is InChI=1S/C12H12Br2O4/c13-4-3-10(15)9-5-7(11(16)12(17)18)1-2-8(9)6-14/h1-2,5,11,16H,3-4,6H2,(H,17,18).